The van der Waals surface area contributed by atoms with Gasteiger partial charge >= 0.3 is 6.18 Å². The van der Waals surface area contributed by atoms with Gasteiger partial charge in [0.15, 0.2) is 0 Å². The third-order valence-corrected chi connectivity index (χ3v) is 4.13. The average Bonchev–Trinajstić information content (AvgIpc) is 2.96. The maximum atomic E-state index is 12.7. The molecule has 1 aromatic heterocycles. The molecule has 0 fully saturated rings. The summed E-state index contributed by atoms with van der Waals surface area (Å²) < 4.78 is 43.4. The molecule has 0 radical (unpaired) electrons. The normalized spacial score (nSPS) is 13.3. The van der Waals surface area contributed by atoms with E-state index in [-0.39, 0.29) is 6.04 Å². The van der Waals surface area contributed by atoms with Crippen molar-refractivity contribution in [2.24, 2.45) is 0 Å². The zero-order valence-electron chi connectivity index (χ0n) is 11.5. The molecule has 21 heavy (non-hydrogen) atoms. The smallest absolute Gasteiger partial charge is 0.416 e. The van der Waals surface area contributed by atoms with Gasteiger partial charge < -0.3 is 9.73 Å². The van der Waals surface area contributed by atoms with E-state index in [2.05, 4.69) is 5.32 Å². The Morgan fingerprint density at radius 1 is 1.24 bits per heavy atom. The lowest BCUT2D eigenvalue weighted by atomic mass is 10.1. The number of furan rings is 1. The molecule has 6 heteroatoms. The number of hydrogen-bond acceptors (Lipinski definition) is 3. The summed E-state index contributed by atoms with van der Waals surface area (Å²) >= 11 is 1.61. The lowest BCUT2D eigenvalue weighted by Gasteiger charge is -2.17. The van der Waals surface area contributed by atoms with Gasteiger partial charge in [0.05, 0.1) is 17.6 Å². The number of hydrogen-bond donors (Lipinski definition) is 1. The van der Waals surface area contributed by atoms with Crippen LogP contribution in [0.5, 0.6) is 0 Å². The first kappa shape index (κ1) is 16.0. The van der Waals surface area contributed by atoms with Crippen molar-refractivity contribution in [1.29, 1.82) is 0 Å². The second kappa shape index (κ2) is 7.04. The average molecular weight is 315 g/mol. The Morgan fingerprint density at radius 3 is 2.67 bits per heavy atom. The minimum atomic E-state index is -4.31. The number of alkyl halides is 3. The first-order valence-electron chi connectivity index (χ1n) is 6.45. The highest BCUT2D eigenvalue weighted by Crippen LogP contribution is 2.31. The minimum Gasteiger partial charge on any atom is -0.468 e. The molecule has 1 atom stereocenters. The third-order valence-electron chi connectivity index (χ3n) is 3.07. The van der Waals surface area contributed by atoms with Gasteiger partial charge in [0.25, 0.3) is 0 Å². The molecule has 1 N–H and O–H groups in total. The molecule has 1 aromatic carbocycles. The number of nitrogens with one attached hydrogen (secondary N) is 1. The van der Waals surface area contributed by atoms with E-state index in [1.54, 1.807) is 31.1 Å². The first-order valence-corrected chi connectivity index (χ1v) is 7.60. The van der Waals surface area contributed by atoms with Crippen molar-refractivity contribution >= 4 is 11.8 Å². The Labute approximate surface area is 125 Å². The minimum absolute atomic E-state index is 0.132. The summed E-state index contributed by atoms with van der Waals surface area (Å²) in [4.78, 5) is 0. The van der Waals surface area contributed by atoms with Gasteiger partial charge in [-0.25, -0.2) is 0 Å². The fourth-order valence-electron chi connectivity index (χ4n) is 1.95. The van der Waals surface area contributed by atoms with E-state index in [1.807, 2.05) is 12.1 Å². The summed E-state index contributed by atoms with van der Waals surface area (Å²) in [7, 11) is 1.75. The van der Waals surface area contributed by atoms with E-state index in [0.29, 0.717) is 17.1 Å². The highest BCUT2D eigenvalue weighted by Gasteiger charge is 2.30. The van der Waals surface area contributed by atoms with Crippen molar-refractivity contribution in [3.8, 4) is 0 Å². The van der Waals surface area contributed by atoms with Crippen molar-refractivity contribution in [2.45, 2.75) is 18.0 Å². The Hall–Kier alpha value is -1.40. The van der Waals surface area contributed by atoms with Crippen LogP contribution in [0.3, 0.4) is 0 Å². The van der Waals surface area contributed by atoms with Crippen molar-refractivity contribution in [1.82, 2.24) is 5.32 Å². The zero-order chi connectivity index (χ0) is 15.3. The van der Waals surface area contributed by atoms with Gasteiger partial charge in [0.2, 0.25) is 0 Å². The summed E-state index contributed by atoms with van der Waals surface area (Å²) in [6.45, 7) is 0. The van der Waals surface area contributed by atoms with Crippen LogP contribution in [0.1, 0.15) is 22.9 Å². The molecule has 0 bridgehead atoms. The van der Waals surface area contributed by atoms with Crippen LogP contribution in [-0.4, -0.2) is 12.8 Å². The molecular weight excluding hydrogens is 299 g/mol. The molecule has 0 saturated heterocycles. The molecular formula is C15H16F3NOS. The Kier molecular flexibility index (Phi) is 5.36. The molecule has 0 aliphatic heterocycles. The van der Waals surface area contributed by atoms with Gasteiger partial charge in [0.1, 0.15) is 5.76 Å². The highest BCUT2D eigenvalue weighted by atomic mass is 32.2. The lowest BCUT2D eigenvalue weighted by molar-refractivity contribution is -0.137. The van der Waals surface area contributed by atoms with Gasteiger partial charge in [-0.05, 0) is 36.9 Å². The molecule has 114 valence electrons. The van der Waals surface area contributed by atoms with Crippen LogP contribution in [0, 0.1) is 0 Å². The summed E-state index contributed by atoms with van der Waals surface area (Å²) in [6.07, 6.45) is -2.70. The number of benzene rings is 1. The van der Waals surface area contributed by atoms with Crippen LogP contribution >= 0.6 is 11.8 Å². The van der Waals surface area contributed by atoms with Crippen molar-refractivity contribution < 1.29 is 17.6 Å². The van der Waals surface area contributed by atoms with Gasteiger partial charge in [-0.3, -0.25) is 0 Å². The number of rotatable bonds is 6. The van der Waals surface area contributed by atoms with E-state index >= 15 is 0 Å². The van der Waals surface area contributed by atoms with Crippen molar-refractivity contribution in [2.75, 3.05) is 12.8 Å². The van der Waals surface area contributed by atoms with Crippen molar-refractivity contribution in [3.05, 3.63) is 59.5 Å². The second-order valence-corrected chi connectivity index (χ2v) is 5.59. The predicted molar refractivity (Wildman–Crippen MR) is 78.1 cm³/mol. The SMILES string of the molecule is CNC(CSCc1ccco1)c1cccc(C(F)(F)F)c1. The van der Waals surface area contributed by atoms with Gasteiger partial charge in [-0.15, -0.1) is 0 Å². The summed E-state index contributed by atoms with van der Waals surface area (Å²) in [5.74, 6) is 2.22. The monoisotopic (exact) mass is 315 g/mol. The maximum Gasteiger partial charge on any atom is 0.416 e. The summed E-state index contributed by atoms with van der Waals surface area (Å²) in [5, 5.41) is 3.06. The van der Waals surface area contributed by atoms with Crippen LogP contribution in [0.25, 0.3) is 0 Å². The fraction of sp³-hybridized carbons (Fsp3) is 0.333. The molecule has 0 amide bonds. The zero-order valence-corrected chi connectivity index (χ0v) is 12.3. The van der Waals surface area contributed by atoms with Crippen LogP contribution < -0.4 is 5.32 Å². The Balaban J connectivity index is 2.00. The van der Waals surface area contributed by atoms with E-state index in [1.165, 1.54) is 12.1 Å². The van der Waals surface area contributed by atoms with Gasteiger partial charge in [0, 0.05) is 11.8 Å². The molecule has 0 saturated carbocycles. The first-order chi connectivity index (χ1) is 10.0. The molecule has 2 rings (SSSR count). The van der Waals surface area contributed by atoms with Crippen LogP contribution in [0.4, 0.5) is 13.2 Å². The van der Waals surface area contributed by atoms with Crippen molar-refractivity contribution in [3.63, 3.8) is 0 Å². The molecule has 2 aromatic rings. The van der Waals surface area contributed by atoms with Crippen LogP contribution in [0.2, 0.25) is 0 Å². The molecule has 0 aliphatic rings. The molecule has 1 unspecified atom stereocenters. The number of halogens is 3. The predicted octanol–water partition coefficient (Wildman–Crippen LogP) is 4.49. The van der Waals surface area contributed by atoms with E-state index < -0.39 is 11.7 Å². The van der Waals surface area contributed by atoms with E-state index in [0.717, 1.165) is 11.8 Å². The summed E-state index contributed by atoms with van der Waals surface area (Å²) in [6, 6.07) is 9.01. The van der Waals surface area contributed by atoms with Gasteiger partial charge in [-0.1, -0.05) is 12.1 Å². The van der Waals surface area contributed by atoms with E-state index in [9.17, 15) is 13.2 Å². The largest absolute Gasteiger partial charge is 0.468 e. The van der Waals surface area contributed by atoms with E-state index in [4.69, 9.17) is 4.42 Å². The number of thioether (sulfide) groups is 1. The Morgan fingerprint density at radius 2 is 2.05 bits per heavy atom. The Bertz CT molecular complexity index is 554. The third kappa shape index (κ3) is 4.54. The molecule has 2 nitrogen and oxygen atoms in total. The molecule has 0 spiro atoms. The quantitative estimate of drug-likeness (QED) is 0.850. The van der Waals surface area contributed by atoms with Crippen LogP contribution in [0.15, 0.2) is 47.1 Å². The highest BCUT2D eigenvalue weighted by molar-refractivity contribution is 7.98. The topological polar surface area (TPSA) is 25.2 Å². The second-order valence-electron chi connectivity index (χ2n) is 4.56. The van der Waals surface area contributed by atoms with Crippen LogP contribution in [-0.2, 0) is 11.9 Å². The molecule has 0 aliphatic carbocycles. The summed E-state index contributed by atoms with van der Waals surface area (Å²) in [5.41, 5.74) is 0.0237. The lowest BCUT2D eigenvalue weighted by Crippen LogP contribution is -2.19. The molecule has 1 heterocycles. The maximum absolute atomic E-state index is 12.7. The fourth-order valence-corrected chi connectivity index (χ4v) is 3.03. The standard InChI is InChI=1S/C15H16F3NOS/c1-19-14(10-21-9-13-6-3-7-20-13)11-4-2-5-12(8-11)15(16,17)18/h2-8,14,19H,9-10H2,1H3. The van der Waals surface area contributed by atoms with Gasteiger partial charge in [-0.2, -0.15) is 24.9 Å².